The van der Waals surface area contributed by atoms with Crippen molar-refractivity contribution < 1.29 is 19.1 Å². The van der Waals surface area contributed by atoms with E-state index in [0.717, 1.165) is 42.7 Å². The second kappa shape index (κ2) is 7.70. The normalized spacial score (nSPS) is 24.5. The number of carbonyl (C=O) groups excluding carboxylic acids is 2. The van der Waals surface area contributed by atoms with Crippen LogP contribution in [0.15, 0.2) is 28.4 Å². The molecule has 0 amide bonds. The van der Waals surface area contributed by atoms with E-state index in [1.807, 2.05) is 19.1 Å². The zero-order valence-corrected chi connectivity index (χ0v) is 17.0. The molecule has 2 aliphatic carbocycles. The Balaban J connectivity index is 1.90. The first-order valence-electron chi connectivity index (χ1n) is 9.91. The van der Waals surface area contributed by atoms with E-state index in [1.54, 1.807) is 7.11 Å². The van der Waals surface area contributed by atoms with Gasteiger partial charge in [0.25, 0.3) is 0 Å². The minimum atomic E-state index is -0.381. The Morgan fingerprint density at radius 2 is 1.89 bits per heavy atom. The molecule has 2 atom stereocenters. The molecule has 1 heterocycles. The summed E-state index contributed by atoms with van der Waals surface area (Å²) < 4.78 is 11.1. The molecule has 1 aromatic carbocycles. The highest BCUT2D eigenvalue weighted by Crippen LogP contribution is 2.48. The van der Waals surface area contributed by atoms with Crippen LogP contribution in [0.1, 0.15) is 56.9 Å². The number of rotatable bonds is 4. The Labute approximate surface area is 169 Å². The average Bonchev–Trinajstić information content (AvgIpc) is 2.67. The summed E-state index contributed by atoms with van der Waals surface area (Å²) in [7, 11) is 1.55. The number of hydrogen-bond acceptors (Lipinski definition) is 5. The summed E-state index contributed by atoms with van der Waals surface area (Å²) in [6.45, 7) is 2.35. The molecular formula is C22H24ClNO4. The molecular weight excluding hydrogens is 378 g/mol. The molecule has 0 N–H and O–H groups in total. The summed E-state index contributed by atoms with van der Waals surface area (Å²) in [5, 5.41) is 0.418. The van der Waals surface area contributed by atoms with Gasteiger partial charge in [0.15, 0.2) is 17.3 Å². The first-order chi connectivity index (χ1) is 13.5. The summed E-state index contributed by atoms with van der Waals surface area (Å²) in [5.74, 6) is 0.530. The maximum atomic E-state index is 12.9. The van der Waals surface area contributed by atoms with Crippen molar-refractivity contribution in [3.63, 3.8) is 0 Å². The van der Waals surface area contributed by atoms with Crippen LogP contribution in [-0.2, 0) is 9.59 Å². The second-order valence-corrected chi connectivity index (χ2v) is 7.89. The molecule has 6 heteroatoms. The maximum absolute atomic E-state index is 12.9. The molecule has 0 aromatic heterocycles. The van der Waals surface area contributed by atoms with Crippen LogP contribution in [0.2, 0.25) is 5.02 Å². The van der Waals surface area contributed by atoms with Gasteiger partial charge >= 0.3 is 0 Å². The van der Waals surface area contributed by atoms with Crippen molar-refractivity contribution in [1.29, 1.82) is 0 Å². The van der Waals surface area contributed by atoms with Gasteiger partial charge in [-0.3, -0.25) is 14.6 Å². The van der Waals surface area contributed by atoms with Crippen molar-refractivity contribution in [3.05, 3.63) is 34.0 Å². The minimum Gasteiger partial charge on any atom is -0.491 e. The third-order valence-corrected chi connectivity index (χ3v) is 6.09. The SMILES string of the molecule is CCOc1cc([C@@H]2C3=C(CCCC3=O)N=C3CCCC(=O)[C@H]32)cc(Cl)c1OC. The standard InChI is InChI=1S/C22H24ClNO4/c1-3-28-18-11-12(10-13(23)22(18)27-2)19-20-14(6-4-8-16(20)25)24-15-7-5-9-17(26)21(15)19/h10-11,19-20H,3-9H2,1-2H3/t19-,20-/m0/s1. The first-order valence-corrected chi connectivity index (χ1v) is 10.3. The number of halogens is 1. The molecule has 5 nitrogen and oxygen atoms in total. The number of aliphatic imine (C=N–C) groups is 1. The topological polar surface area (TPSA) is 65.0 Å². The third-order valence-electron chi connectivity index (χ3n) is 5.81. The van der Waals surface area contributed by atoms with Crippen LogP contribution >= 0.6 is 11.6 Å². The second-order valence-electron chi connectivity index (χ2n) is 7.48. The largest absolute Gasteiger partial charge is 0.491 e. The fourth-order valence-electron chi connectivity index (χ4n) is 4.69. The van der Waals surface area contributed by atoms with E-state index >= 15 is 0 Å². The first kappa shape index (κ1) is 19.2. The number of fused-ring (bicyclic) bond motifs is 1. The fraction of sp³-hybridized carbons (Fsp3) is 0.500. The number of carbonyl (C=O) groups is 2. The molecule has 0 spiro atoms. The number of hydrogen-bond donors (Lipinski definition) is 0. The van der Waals surface area contributed by atoms with Crippen molar-refractivity contribution >= 4 is 28.9 Å². The summed E-state index contributed by atoms with van der Waals surface area (Å²) in [5.41, 5.74) is 3.29. The lowest BCUT2D eigenvalue weighted by atomic mass is 9.67. The molecule has 4 rings (SSSR count). The summed E-state index contributed by atoms with van der Waals surface area (Å²) in [6.07, 6.45) is 4.26. The van der Waals surface area contributed by atoms with Crippen LogP contribution in [0.4, 0.5) is 0 Å². The number of allylic oxidation sites excluding steroid dienone is 2. The Bertz CT molecular complexity index is 902. The van der Waals surface area contributed by atoms with Crippen molar-refractivity contribution in [2.24, 2.45) is 10.9 Å². The number of benzene rings is 1. The van der Waals surface area contributed by atoms with Crippen molar-refractivity contribution in [2.45, 2.75) is 51.4 Å². The van der Waals surface area contributed by atoms with Crippen LogP contribution in [0.3, 0.4) is 0 Å². The lowest BCUT2D eigenvalue weighted by Gasteiger charge is -2.38. The maximum Gasteiger partial charge on any atom is 0.179 e. The summed E-state index contributed by atoms with van der Waals surface area (Å²) in [4.78, 5) is 30.6. The highest BCUT2D eigenvalue weighted by atomic mass is 35.5. The molecule has 1 saturated carbocycles. The third kappa shape index (κ3) is 3.16. The fourth-order valence-corrected chi connectivity index (χ4v) is 4.98. The van der Waals surface area contributed by atoms with Gasteiger partial charge in [-0.15, -0.1) is 0 Å². The van der Waals surface area contributed by atoms with Crippen LogP contribution in [0.5, 0.6) is 11.5 Å². The quantitative estimate of drug-likeness (QED) is 0.735. The van der Waals surface area contributed by atoms with Crippen molar-refractivity contribution in [3.8, 4) is 11.5 Å². The van der Waals surface area contributed by atoms with Crippen LogP contribution in [0, 0.1) is 5.92 Å². The highest BCUT2D eigenvalue weighted by molar-refractivity contribution is 6.32. The van der Waals surface area contributed by atoms with E-state index in [2.05, 4.69) is 0 Å². The number of Topliss-reactive ketones (excluding diaryl/α,β-unsaturated/α-hetero) is 2. The van der Waals surface area contributed by atoms with Gasteiger partial charge in [-0.25, -0.2) is 0 Å². The predicted octanol–water partition coefficient (Wildman–Crippen LogP) is 4.66. The Morgan fingerprint density at radius 3 is 2.64 bits per heavy atom. The van der Waals surface area contributed by atoms with E-state index in [9.17, 15) is 9.59 Å². The Morgan fingerprint density at radius 1 is 1.11 bits per heavy atom. The smallest absolute Gasteiger partial charge is 0.179 e. The van der Waals surface area contributed by atoms with E-state index in [1.165, 1.54) is 0 Å². The molecule has 0 unspecified atom stereocenters. The molecule has 1 aliphatic heterocycles. The minimum absolute atomic E-state index is 0.0947. The van der Waals surface area contributed by atoms with Crippen molar-refractivity contribution in [1.82, 2.24) is 0 Å². The number of ether oxygens (including phenoxy) is 2. The van der Waals surface area contributed by atoms with Gasteiger partial charge in [-0.2, -0.15) is 0 Å². The highest BCUT2D eigenvalue weighted by Gasteiger charge is 2.44. The summed E-state index contributed by atoms with van der Waals surface area (Å²) in [6, 6.07) is 3.68. The van der Waals surface area contributed by atoms with Crippen LogP contribution < -0.4 is 9.47 Å². The van der Waals surface area contributed by atoms with E-state index in [0.29, 0.717) is 41.5 Å². The predicted molar refractivity (Wildman–Crippen MR) is 108 cm³/mol. The molecule has 0 saturated heterocycles. The van der Waals surface area contributed by atoms with Gasteiger partial charge in [0.2, 0.25) is 0 Å². The average molecular weight is 402 g/mol. The monoisotopic (exact) mass is 401 g/mol. The Hall–Kier alpha value is -2.14. The molecule has 1 aromatic rings. The van der Waals surface area contributed by atoms with Crippen molar-refractivity contribution in [2.75, 3.05) is 13.7 Å². The lowest BCUT2D eigenvalue weighted by molar-refractivity contribution is -0.122. The van der Waals surface area contributed by atoms with Crippen LogP contribution in [0.25, 0.3) is 0 Å². The molecule has 0 bridgehead atoms. The van der Waals surface area contributed by atoms with Gasteiger partial charge in [-0.05, 0) is 50.3 Å². The zero-order chi connectivity index (χ0) is 19.8. The molecule has 1 fully saturated rings. The summed E-state index contributed by atoms with van der Waals surface area (Å²) >= 11 is 6.49. The number of nitrogens with zero attached hydrogens (tertiary/aromatic N) is 1. The zero-order valence-electron chi connectivity index (χ0n) is 16.2. The van der Waals surface area contributed by atoms with Gasteiger partial charge in [0.05, 0.1) is 24.7 Å². The van der Waals surface area contributed by atoms with Gasteiger partial charge in [0, 0.05) is 35.7 Å². The number of ketones is 2. The Kier molecular flexibility index (Phi) is 5.28. The van der Waals surface area contributed by atoms with E-state index in [-0.39, 0.29) is 23.4 Å². The van der Waals surface area contributed by atoms with E-state index < -0.39 is 0 Å². The van der Waals surface area contributed by atoms with Gasteiger partial charge in [0.1, 0.15) is 5.78 Å². The van der Waals surface area contributed by atoms with Gasteiger partial charge in [-0.1, -0.05) is 11.6 Å². The molecule has 0 radical (unpaired) electrons. The van der Waals surface area contributed by atoms with Crippen LogP contribution in [-0.4, -0.2) is 31.0 Å². The van der Waals surface area contributed by atoms with Gasteiger partial charge < -0.3 is 9.47 Å². The number of methoxy groups -OCH3 is 1. The lowest BCUT2D eigenvalue weighted by Crippen LogP contribution is -2.39. The molecule has 28 heavy (non-hydrogen) atoms. The molecule has 3 aliphatic rings. The molecule has 148 valence electrons. The van der Waals surface area contributed by atoms with E-state index in [4.69, 9.17) is 26.1 Å².